The summed E-state index contributed by atoms with van der Waals surface area (Å²) in [4.78, 5) is 12.6. The molecule has 0 radical (unpaired) electrons. The van der Waals surface area contributed by atoms with Gasteiger partial charge in [-0.05, 0) is 12.0 Å². The molecule has 0 spiro atoms. The average molecular weight is 260 g/mol. The fourth-order valence-electron chi connectivity index (χ4n) is 2.56. The summed E-state index contributed by atoms with van der Waals surface area (Å²) < 4.78 is 0. The molecule has 1 unspecified atom stereocenters. The maximum Gasteiger partial charge on any atom is 0.173 e. The van der Waals surface area contributed by atoms with Crippen molar-refractivity contribution >= 4 is 5.78 Å². The largest absolute Gasteiger partial charge is 0.293 e. The average Bonchev–Trinajstić information content (AvgIpc) is 2.96. The molecule has 0 N–H and O–H groups in total. The van der Waals surface area contributed by atoms with Crippen LogP contribution in [0.4, 0.5) is 0 Å². The molecule has 0 aromatic heterocycles. The predicted octanol–water partition coefficient (Wildman–Crippen LogP) is 4.22. The summed E-state index contributed by atoms with van der Waals surface area (Å²) in [6.45, 7) is 0. The van der Waals surface area contributed by atoms with Gasteiger partial charge in [0.1, 0.15) is 0 Å². The van der Waals surface area contributed by atoms with Crippen molar-refractivity contribution in [1.82, 2.24) is 0 Å². The van der Waals surface area contributed by atoms with Crippen LogP contribution in [-0.4, -0.2) is 5.78 Å². The van der Waals surface area contributed by atoms with Gasteiger partial charge in [-0.15, -0.1) is 0 Å². The number of hydrogen-bond acceptors (Lipinski definition) is 1. The van der Waals surface area contributed by atoms with E-state index in [4.69, 9.17) is 0 Å². The summed E-state index contributed by atoms with van der Waals surface area (Å²) in [5, 5.41) is 0. The van der Waals surface area contributed by atoms with Crippen molar-refractivity contribution in [3.63, 3.8) is 0 Å². The molecule has 0 aliphatic heterocycles. The summed E-state index contributed by atoms with van der Waals surface area (Å²) in [6.07, 6.45) is 6.88. The van der Waals surface area contributed by atoms with Crippen LogP contribution in [0.25, 0.3) is 0 Å². The highest BCUT2D eigenvalue weighted by molar-refractivity contribution is 6.01. The first-order valence-corrected chi connectivity index (χ1v) is 6.85. The van der Waals surface area contributed by atoms with Crippen molar-refractivity contribution in [2.24, 2.45) is 5.92 Å². The number of benzene rings is 2. The molecule has 0 saturated heterocycles. The van der Waals surface area contributed by atoms with Gasteiger partial charge in [0.05, 0.1) is 5.92 Å². The van der Waals surface area contributed by atoms with E-state index in [-0.39, 0.29) is 11.7 Å². The van der Waals surface area contributed by atoms with E-state index in [1.165, 1.54) is 11.1 Å². The lowest BCUT2D eigenvalue weighted by molar-refractivity contribution is 0.0961. The van der Waals surface area contributed by atoms with E-state index in [9.17, 15) is 4.79 Å². The number of hydrogen-bond donors (Lipinski definition) is 0. The Bertz CT molecular complexity index is 651. The molecule has 1 aliphatic rings. The minimum absolute atomic E-state index is 0.113. The minimum Gasteiger partial charge on any atom is -0.293 e. The van der Waals surface area contributed by atoms with Crippen molar-refractivity contribution in [1.29, 1.82) is 0 Å². The maximum absolute atomic E-state index is 12.6. The van der Waals surface area contributed by atoms with Gasteiger partial charge in [0, 0.05) is 5.56 Å². The van der Waals surface area contributed by atoms with Gasteiger partial charge < -0.3 is 0 Å². The Morgan fingerprint density at radius 2 is 1.55 bits per heavy atom. The molecule has 0 fully saturated rings. The SMILES string of the molecule is O=C(c1ccccc1)C1C=CC=C1Cc1ccccc1. The lowest BCUT2D eigenvalue weighted by atomic mass is 9.89. The van der Waals surface area contributed by atoms with Gasteiger partial charge in [-0.3, -0.25) is 4.79 Å². The number of allylic oxidation sites excluding steroid dienone is 4. The highest BCUT2D eigenvalue weighted by atomic mass is 16.1. The summed E-state index contributed by atoms with van der Waals surface area (Å²) in [5.41, 5.74) is 3.20. The zero-order valence-corrected chi connectivity index (χ0v) is 11.2. The van der Waals surface area contributed by atoms with E-state index in [2.05, 4.69) is 18.2 Å². The van der Waals surface area contributed by atoms with E-state index >= 15 is 0 Å². The Morgan fingerprint density at radius 1 is 0.900 bits per heavy atom. The molecule has 1 aliphatic carbocycles. The van der Waals surface area contributed by atoms with Gasteiger partial charge in [0.25, 0.3) is 0 Å². The molecule has 1 nitrogen and oxygen atoms in total. The Morgan fingerprint density at radius 3 is 2.25 bits per heavy atom. The third-order valence-corrected chi connectivity index (χ3v) is 3.61. The highest BCUT2D eigenvalue weighted by Gasteiger charge is 2.23. The second-order valence-electron chi connectivity index (χ2n) is 5.00. The third kappa shape index (κ3) is 2.62. The second kappa shape index (κ2) is 5.70. The van der Waals surface area contributed by atoms with Gasteiger partial charge in [0.15, 0.2) is 5.78 Å². The zero-order chi connectivity index (χ0) is 13.8. The van der Waals surface area contributed by atoms with Gasteiger partial charge in [0.2, 0.25) is 0 Å². The monoisotopic (exact) mass is 260 g/mol. The van der Waals surface area contributed by atoms with Crippen LogP contribution in [0, 0.1) is 5.92 Å². The molecular weight excluding hydrogens is 244 g/mol. The third-order valence-electron chi connectivity index (χ3n) is 3.61. The van der Waals surface area contributed by atoms with Crippen molar-refractivity contribution < 1.29 is 4.79 Å². The Labute approximate surface area is 119 Å². The van der Waals surface area contributed by atoms with E-state index in [1.54, 1.807) is 0 Å². The van der Waals surface area contributed by atoms with Crippen LogP contribution in [0.3, 0.4) is 0 Å². The molecule has 1 atom stereocenters. The number of Topliss-reactive ketones (excluding diaryl/α,β-unsaturated/α-hetero) is 1. The maximum atomic E-state index is 12.6. The van der Waals surface area contributed by atoms with Crippen LogP contribution in [0.1, 0.15) is 15.9 Å². The zero-order valence-electron chi connectivity index (χ0n) is 11.2. The molecule has 0 amide bonds. The number of ketones is 1. The van der Waals surface area contributed by atoms with Gasteiger partial charge >= 0.3 is 0 Å². The Kier molecular flexibility index (Phi) is 3.60. The molecule has 0 saturated carbocycles. The highest BCUT2D eigenvalue weighted by Crippen LogP contribution is 2.26. The molecule has 2 aromatic rings. The van der Waals surface area contributed by atoms with E-state index in [0.29, 0.717) is 0 Å². The van der Waals surface area contributed by atoms with Crippen molar-refractivity contribution in [2.75, 3.05) is 0 Å². The van der Waals surface area contributed by atoms with Gasteiger partial charge in [-0.25, -0.2) is 0 Å². The quantitative estimate of drug-likeness (QED) is 0.752. The number of rotatable bonds is 4. The smallest absolute Gasteiger partial charge is 0.173 e. The Hall–Kier alpha value is -2.41. The predicted molar refractivity (Wildman–Crippen MR) is 81.6 cm³/mol. The van der Waals surface area contributed by atoms with Crippen molar-refractivity contribution in [3.05, 3.63) is 95.6 Å². The second-order valence-corrected chi connectivity index (χ2v) is 5.00. The van der Waals surface area contributed by atoms with Crippen LogP contribution in [0.15, 0.2) is 84.5 Å². The topological polar surface area (TPSA) is 17.1 Å². The van der Waals surface area contributed by atoms with Gasteiger partial charge in [-0.1, -0.05) is 84.5 Å². The molecule has 2 aromatic carbocycles. The molecule has 0 heterocycles. The fraction of sp³-hybridized carbons (Fsp3) is 0.105. The van der Waals surface area contributed by atoms with Crippen LogP contribution < -0.4 is 0 Å². The van der Waals surface area contributed by atoms with Gasteiger partial charge in [-0.2, -0.15) is 0 Å². The van der Waals surface area contributed by atoms with Crippen LogP contribution in [0.2, 0.25) is 0 Å². The summed E-state index contributed by atoms with van der Waals surface area (Å²) in [5.74, 6) is 0.0686. The first-order valence-electron chi connectivity index (χ1n) is 6.85. The number of carbonyl (C=O) groups is 1. The minimum atomic E-state index is -0.113. The van der Waals surface area contributed by atoms with Crippen LogP contribution in [0.5, 0.6) is 0 Å². The first kappa shape index (κ1) is 12.6. The fourth-order valence-corrected chi connectivity index (χ4v) is 2.56. The number of carbonyl (C=O) groups excluding carboxylic acids is 1. The van der Waals surface area contributed by atoms with Crippen molar-refractivity contribution in [3.8, 4) is 0 Å². The lowest BCUT2D eigenvalue weighted by Gasteiger charge is -2.13. The van der Waals surface area contributed by atoms with Crippen molar-refractivity contribution in [2.45, 2.75) is 6.42 Å². The standard InChI is InChI=1S/C19H16O/c20-19(16-10-5-2-6-11-16)18-13-7-12-17(18)14-15-8-3-1-4-9-15/h1-13,18H,14H2. The lowest BCUT2D eigenvalue weighted by Crippen LogP contribution is -2.14. The summed E-state index contributed by atoms with van der Waals surface area (Å²) in [7, 11) is 0. The molecule has 3 rings (SSSR count). The molecule has 1 heteroatoms. The molecule has 98 valence electrons. The molecule has 20 heavy (non-hydrogen) atoms. The molecule has 0 bridgehead atoms. The summed E-state index contributed by atoms with van der Waals surface area (Å²) in [6, 6.07) is 19.8. The molecular formula is C19H16O. The van der Waals surface area contributed by atoms with E-state index in [1.807, 2.05) is 60.7 Å². The van der Waals surface area contributed by atoms with Crippen LogP contribution in [-0.2, 0) is 6.42 Å². The van der Waals surface area contributed by atoms with E-state index < -0.39 is 0 Å². The summed E-state index contributed by atoms with van der Waals surface area (Å²) >= 11 is 0. The first-order chi connectivity index (χ1) is 9.84. The van der Waals surface area contributed by atoms with Crippen LogP contribution >= 0.6 is 0 Å². The Balaban J connectivity index is 1.79. The normalized spacial score (nSPS) is 17.0. The van der Waals surface area contributed by atoms with E-state index in [0.717, 1.165) is 12.0 Å².